The molecule has 1 aromatic carbocycles. The number of benzene rings is 1. The van der Waals surface area contributed by atoms with E-state index < -0.39 is 5.92 Å². The Morgan fingerprint density at radius 1 is 1.29 bits per heavy atom. The minimum absolute atomic E-state index is 0.346. The molecule has 0 bridgehead atoms. The van der Waals surface area contributed by atoms with Gasteiger partial charge in [-0.1, -0.05) is 24.3 Å². The Kier molecular flexibility index (Phi) is 3.41. The van der Waals surface area contributed by atoms with Crippen LogP contribution in [0.5, 0.6) is 0 Å². The molecule has 68 valence electrons. The van der Waals surface area contributed by atoms with Crippen LogP contribution in [0.3, 0.4) is 0 Å². The van der Waals surface area contributed by atoms with E-state index in [4.69, 9.17) is 10.5 Å². The van der Waals surface area contributed by atoms with Gasteiger partial charge in [0, 0.05) is 0 Å². The summed E-state index contributed by atoms with van der Waals surface area (Å²) >= 11 is 0. The molecule has 14 heavy (non-hydrogen) atoms. The fraction of sp³-hybridized carbons (Fsp3) is 0.182. The van der Waals surface area contributed by atoms with Gasteiger partial charge in [0.1, 0.15) is 12.2 Å². The van der Waals surface area contributed by atoms with E-state index >= 15 is 0 Å². The van der Waals surface area contributed by atoms with Gasteiger partial charge in [-0.15, -0.1) is 0 Å². The molecule has 0 saturated carbocycles. The average Bonchev–Trinajstić information content (AvgIpc) is 2.23. The molecule has 0 amide bonds. The maximum absolute atomic E-state index is 10.5. The van der Waals surface area contributed by atoms with Crippen molar-refractivity contribution in [3.05, 3.63) is 35.4 Å². The second-order valence-corrected chi connectivity index (χ2v) is 2.82. The molecule has 0 aliphatic rings. The zero-order chi connectivity index (χ0) is 10.4. The molecule has 0 spiro atoms. The molecule has 1 rings (SSSR count). The lowest BCUT2D eigenvalue weighted by atomic mass is 10.0. The number of nitriles is 2. The highest BCUT2D eigenvalue weighted by molar-refractivity contribution is 5.66. The quantitative estimate of drug-likeness (QED) is 0.669. The first-order valence-corrected chi connectivity index (χ1v) is 4.12. The Hall–Kier alpha value is -2.13. The first-order chi connectivity index (χ1) is 6.81. The predicted octanol–water partition coefficient (Wildman–Crippen LogP) is 1.56. The Morgan fingerprint density at radius 3 is 2.36 bits per heavy atom. The minimum atomic E-state index is -0.703. The molecule has 0 N–H and O–H groups in total. The van der Waals surface area contributed by atoms with Crippen LogP contribution in [0.4, 0.5) is 0 Å². The number of carbonyl (C=O) groups is 1. The van der Waals surface area contributed by atoms with E-state index in [2.05, 4.69) is 0 Å². The molecule has 1 aromatic rings. The molecular weight excluding hydrogens is 176 g/mol. The molecule has 3 heteroatoms. The summed E-state index contributed by atoms with van der Waals surface area (Å²) in [7, 11) is 0. The maximum atomic E-state index is 10.5. The lowest BCUT2D eigenvalue weighted by Crippen LogP contribution is -1.96. The minimum Gasteiger partial charge on any atom is -0.302 e. The molecule has 3 nitrogen and oxygen atoms in total. The van der Waals surface area contributed by atoms with Gasteiger partial charge in [-0.2, -0.15) is 10.5 Å². The second kappa shape index (κ2) is 4.79. The van der Waals surface area contributed by atoms with Gasteiger partial charge >= 0.3 is 0 Å². The average molecular weight is 184 g/mol. The van der Waals surface area contributed by atoms with Gasteiger partial charge in [-0.3, -0.25) is 0 Å². The van der Waals surface area contributed by atoms with Gasteiger partial charge in [0.2, 0.25) is 0 Å². The van der Waals surface area contributed by atoms with E-state index in [1.165, 1.54) is 0 Å². The summed E-state index contributed by atoms with van der Waals surface area (Å²) in [6.45, 7) is 0. The Morgan fingerprint density at radius 2 is 1.93 bits per heavy atom. The van der Waals surface area contributed by atoms with E-state index in [1.807, 2.05) is 12.1 Å². The molecule has 0 radical (unpaired) electrons. The summed E-state index contributed by atoms with van der Waals surface area (Å²) in [4.78, 5) is 10.5. The lowest BCUT2D eigenvalue weighted by Gasteiger charge is -2.01. The summed E-state index contributed by atoms with van der Waals surface area (Å²) in [5.74, 6) is -0.703. The highest BCUT2D eigenvalue weighted by atomic mass is 16.1. The van der Waals surface area contributed by atoms with Gasteiger partial charge in [-0.25, -0.2) is 0 Å². The largest absolute Gasteiger partial charge is 0.302 e. The van der Waals surface area contributed by atoms with Gasteiger partial charge in [-0.05, 0) is 11.1 Å². The third kappa shape index (κ3) is 2.18. The number of carbonyl (C=O) groups excluding carboxylic acids is 1. The number of nitrogens with zero attached hydrogens (tertiary/aromatic N) is 2. The van der Waals surface area contributed by atoms with Crippen LogP contribution in [-0.2, 0) is 11.2 Å². The number of aldehydes is 1. The van der Waals surface area contributed by atoms with E-state index in [0.29, 0.717) is 18.3 Å². The lowest BCUT2D eigenvalue weighted by molar-refractivity contribution is -0.108. The molecule has 0 saturated heterocycles. The van der Waals surface area contributed by atoms with Crippen LogP contribution in [0.15, 0.2) is 24.3 Å². The number of hydrogen-bond acceptors (Lipinski definition) is 3. The summed E-state index contributed by atoms with van der Waals surface area (Å²) in [6.07, 6.45) is 0.956. The van der Waals surface area contributed by atoms with Gasteiger partial charge < -0.3 is 4.79 Å². The topological polar surface area (TPSA) is 64.7 Å². The van der Waals surface area contributed by atoms with Crippen molar-refractivity contribution in [1.82, 2.24) is 0 Å². The van der Waals surface area contributed by atoms with Crippen LogP contribution < -0.4 is 0 Å². The fourth-order valence-electron chi connectivity index (χ4n) is 1.12. The summed E-state index contributed by atoms with van der Waals surface area (Å²) < 4.78 is 0. The Balaban J connectivity index is 2.89. The smallest absolute Gasteiger partial charge is 0.141 e. The van der Waals surface area contributed by atoms with Crippen LogP contribution in [0.1, 0.15) is 17.0 Å². The van der Waals surface area contributed by atoms with Crippen molar-refractivity contribution in [1.29, 1.82) is 10.5 Å². The van der Waals surface area contributed by atoms with Crippen LogP contribution in [0.2, 0.25) is 0 Å². The molecule has 0 aliphatic carbocycles. The monoisotopic (exact) mass is 184 g/mol. The first kappa shape index (κ1) is 9.95. The Bertz CT molecular complexity index is 395. The van der Waals surface area contributed by atoms with E-state index in [-0.39, 0.29) is 0 Å². The molecule has 1 atom stereocenters. The molecule has 0 aliphatic heterocycles. The van der Waals surface area contributed by atoms with E-state index in [0.717, 1.165) is 5.56 Å². The fourth-order valence-corrected chi connectivity index (χ4v) is 1.12. The summed E-state index contributed by atoms with van der Waals surface area (Å²) in [6, 6.07) is 10.8. The van der Waals surface area contributed by atoms with Crippen LogP contribution in [0, 0.1) is 22.7 Å². The zero-order valence-electron chi connectivity index (χ0n) is 7.47. The summed E-state index contributed by atoms with van der Waals surface area (Å²) in [5, 5.41) is 17.1. The van der Waals surface area contributed by atoms with Crippen LogP contribution in [0.25, 0.3) is 0 Å². The normalized spacial score (nSPS) is 11.0. The standard InChI is InChI=1S/C11H8N2O/c12-6-5-9-1-3-10(4-2-9)11(7-13)8-14/h1-4,8,11H,5H2. The van der Waals surface area contributed by atoms with E-state index in [9.17, 15) is 4.79 Å². The van der Waals surface area contributed by atoms with Gasteiger partial charge in [0.25, 0.3) is 0 Å². The highest BCUT2D eigenvalue weighted by Gasteiger charge is 2.07. The van der Waals surface area contributed by atoms with E-state index in [1.54, 1.807) is 24.3 Å². The van der Waals surface area contributed by atoms with Gasteiger partial charge in [0.15, 0.2) is 0 Å². The molecule has 0 heterocycles. The number of hydrogen-bond donors (Lipinski definition) is 0. The molecule has 1 unspecified atom stereocenters. The highest BCUT2D eigenvalue weighted by Crippen LogP contribution is 2.13. The van der Waals surface area contributed by atoms with Crippen LogP contribution in [-0.4, -0.2) is 6.29 Å². The maximum Gasteiger partial charge on any atom is 0.141 e. The third-order valence-electron chi connectivity index (χ3n) is 1.90. The third-order valence-corrected chi connectivity index (χ3v) is 1.90. The first-order valence-electron chi connectivity index (χ1n) is 4.12. The molecule has 0 aromatic heterocycles. The zero-order valence-corrected chi connectivity index (χ0v) is 7.47. The Labute approximate surface area is 82.2 Å². The van der Waals surface area contributed by atoms with Crippen molar-refractivity contribution in [3.8, 4) is 12.1 Å². The van der Waals surface area contributed by atoms with Crippen molar-refractivity contribution in [2.75, 3.05) is 0 Å². The predicted molar refractivity (Wildman–Crippen MR) is 50.2 cm³/mol. The van der Waals surface area contributed by atoms with Crippen LogP contribution >= 0.6 is 0 Å². The van der Waals surface area contributed by atoms with Gasteiger partial charge in [0.05, 0.1) is 18.6 Å². The van der Waals surface area contributed by atoms with Crippen molar-refractivity contribution >= 4 is 6.29 Å². The van der Waals surface area contributed by atoms with Crippen molar-refractivity contribution in [2.45, 2.75) is 12.3 Å². The van der Waals surface area contributed by atoms with Crippen molar-refractivity contribution in [2.24, 2.45) is 0 Å². The molecular formula is C11H8N2O. The molecule has 0 fully saturated rings. The number of rotatable bonds is 3. The SMILES string of the molecule is N#CCc1ccc(C(C#N)C=O)cc1. The second-order valence-electron chi connectivity index (χ2n) is 2.82. The van der Waals surface area contributed by atoms with Crippen molar-refractivity contribution < 1.29 is 4.79 Å². The van der Waals surface area contributed by atoms with Crippen molar-refractivity contribution in [3.63, 3.8) is 0 Å². The summed E-state index contributed by atoms with van der Waals surface area (Å²) in [5.41, 5.74) is 1.56.